The molecular weight excluding hydrogens is 208 g/mol. The highest BCUT2D eigenvalue weighted by Gasteiger charge is 2.21. The predicted molar refractivity (Wildman–Crippen MR) is 65.6 cm³/mol. The van der Waals surface area contributed by atoms with Gasteiger partial charge in [-0.2, -0.15) is 0 Å². The third-order valence-electron chi connectivity index (χ3n) is 2.11. The van der Waals surface area contributed by atoms with Crippen LogP contribution >= 0.6 is 11.6 Å². The normalized spacial score (nSPS) is 11.9. The fourth-order valence-electron chi connectivity index (χ4n) is 1.85. The zero-order valence-electron chi connectivity index (χ0n) is 9.88. The van der Waals surface area contributed by atoms with Gasteiger partial charge < -0.3 is 4.74 Å². The summed E-state index contributed by atoms with van der Waals surface area (Å²) in [7, 11) is 0. The molecule has 2 heteroatoms. The summed E-state index contributed by atoms with van der Waals surface area (Å²) in [6.07, 6.45) is 1.04. The fraction of sp³-hybridized carbons (Fsp3) is 0.538. The summed E-state index contributed by atoms with van der Waals surface area (Å²) in [6, 6.07) is 7.51. The van der Waals surface area contributed by atoms with E-state index in [1.54, 1.807) is 0 Å². The van der Waals surface area contributed by atoms with Gasteiger partial charge in [0.25, 0.3) is 0 Å². The Bertz CT molecular complexity index is 301. The van der Waals surface area contributed by atoms with Crippen molar-refractivity contribution in [3.05, 3.63) is 29.3 Å². The Morgan fingerprint density at radius 1 is 1.20 bits per heavy atom. The quantitative estimate of drug-likeness (QED) is 0.732. The van der Waals surface area contributed by atoms with Crippen molar-refractivity contribution in [2.24, 2.45) is 5.92 Å². The van der Waals surface area contributed by atoms with Crippen LogP contribution in [0.15, 0.2) is 24.3 Å². The lowest BCUT2D eigenvalue weighted by Gasteiger charge is -2.28. The number of ether oxygens (including phenoxy) is 1. The first-order valence-electron chi connectivity index (χ1n) is 5.34. The molecule has 0 atom stereocenters. The lowest BCUT2D eigenvalue weighted by atomic mass is 9.96. The highest BCUT2D eigenvalue weighted by Crippen LogP contribution is 2.25. The van der Waals surface area contributed by atoms with Crippen LogP contribution in [0.4, 0.5) is 0 Å². The van der Waals surface area contributed by atoms with Crippen molar-refractivity contribution in [1.82, 2.24) is 0 Å². The molecule has 1 nitrogen and oxygen atoms in total. The fourth-order valence-corrected chi connectivity index (χ4v) is 1.97. The number of rotatable bonds is 4. The maximum absolute atomic E-state index is 5.91. The minimum Gasteiger partial charge on any atom is -0.488 e. The number of hydrogen-bond acceptors (Lipinski definition) is 1. The lowest BCUT2D eigenvalue weighted by molar-refractivity contribution is 0.0852. The van der Waals surface area contributed by atoms with Gasteiger partial charge >= 0.3 is 0 Å². The molecule has 0 aliphatic carbocycles. The van der Waals surface area contributed by atoms with Crippen LogP contribution in [0.3, 0.4) is 0 Å². The Morgan fingerprint density at radius 2 is 1.73 bits per heavy atom. The second kappa shape index (κ2) is 4.89. The van der Waals surface area contributed by atoms with E-state index in [2.05, 4.69) is 27.7 Å². The highest BCUT2D eigenvalue weighted by molar-refractivity contribution is 6.30. The Balaban J connectivity index is 2.64. The molecule has 0 aliphatic heterocycles. The van der Waals surface area contributed by atoms with E-state index in [1.165, 1.54) is 0 Å². The molecule has 0 unspecified atom stereocenters. The Kier molecular flexibility index (Phi) is 4.04. The van der Waals surface area contributed by atoms with Crippen molar-refractivity contribution in [2.75, 3.05) is 0 Å². The SMILES string of the molecule is CC(C)CC(C)(C)Oc1ccc(Cl)cc1. The van der Waals surface area contributed by atoms with Crippen LogP contribution in [0.1, 0.15) is 34.1 Å². The number of halogens is 1. The standard InChI is InChI=1S/C13H19ClO/c1-10(2)9-13(3,4)15-12-7-5-11(14)6-8-12/h5-8,10H,9H2,1-4H3. The van der Waals surface area contributed by atoms with Crippen molar-refractivity contribution < 1.29 is 4.74 Å². The van der Waals surface area contributed by atoms with Gasteiger partial charge in [-0.3, -0.25) is 0 Å². The largest absolute Gasteiger partial charge is 0.488 e. The van der Waals surface area contributed by atoms with Crippen molar-refractivity contribution in [2.45, 2.75) is 39.7 Å². The van der Waals surface area contributed by atoms with E-state index < -0.39 is 0 Å². The molecule has 0 N–H and O–H groups in total. The number of benzene rings is 1. The highest BCUT2D eigenvalue weighted by atomic mass is 35.5. The minimum atomic E-state index is -0.123. The van der Waals surface area contributed by atoms with Gasteiger partial charge in [0.1, 0.15) is 11.4 Å². The van der Waals surface area contributed by atoms with Crippen LogP contribution < -0.4 is 4.74 Å². The summed E-state index contributed by atoms with van der Waals surface area (Å²) in [5, 5.41) is 0.740. The maximum Gasteiger partial charge on any atom is 0.120 e. The smallest absolute Gasteiger partial charge is 0.120 e. The van der Waals surface area contributed by atoms with E-state index in [0.29, 0.717) is 5.92 Å². The van der Waals surface area contributed by atoms with Crippen molar-refractivity contribution in [3.8, 4) is 5.75 Å². The van der Waals surface area contributed by atoms with Crippen LogP contribution in [0.25, 0.3) is 0 Å². The zero-order chi connectivity index (χ0) is 11.5. The monoisotopic (exact) mass is 226 g/mol. The summed E-state index contributed by atoms with van der Waals surface area (Å²) in [5.74, 6) is 1.51. The predicted octanol–water partition coefficient (Wildman–Crippen LogP) is 4.54. The molecule has 1 aromatic carbocycles. The third-order valence-corrected chi connectivity index (χ3v) is 2.36. The Hall–Kier alpha value is -0.690. The molecular formula is C13H19ClO. The van der Waals surface area contributed by atoms with E-state index in [-0.39, 0.29) is 5.60 Å². The van der Waals surface area contributed by atoms with Crippen molar-refractivity contribution in [1.29, 1.82) is 0 Å². The molecule has 15 heavy (non-hydrogen) atoms. The molecule has 0 aromatic heterocycles. The van der Waals surface area contributed by atoms with E-state index in [0.717, 1.165) is 17.2 Å². The van der Waals surface area contributed by atoms with Gasteiger partial charge in [-0.05, 0) is 50.5 Å². The summed E-state index contributed by atoms with van der Waals surface area (Å²) in [4.78, 5) is 0. The first kappa shape index (κ1) is 12.4. The molecule has 0 amide bonds. The van der Waals surface area contributed by atoms with Gasteiger partial charge in [-0.1, -0.05) is 25.4 Å². The molecule has 1 rings (SSSR count). The molecule has 0 heterocycles. The van der Waals surface area contributed by atoms with Gasteiger partial charge in [0.05, 0.1) is 0 Å². The zero-order valence-corrected chi connectivity index (χ0v) is 10.6. The van der Waals surface area contributed by atoms with Crippen LogP contribution in [0, 0.1) is 5.92 Å². The molecule has 84 valence electrons. The topological polar surface area (TPSA) is 9.23 Å². The molecule has 0 fully saturated rings. The second-order valence-corrected chi connectivity index (χ2v) is 5.35. The molecule has 0 saturated heterocycles. The Morgan fingerprint density at radius 3 is 2.20 bits per heavy atom. The molecule has 1 aromatic rings. The van der Waals surface area contributed by atoms with E-state index in [4.69, 9.17) is 16.3 Å². The van der Waals surface area contributed by atoms with Gasteiger partial charge in [-0.15, -0.1) is 0 Å². The van der Waals surface area contributed by atoms with E-state index in [1.807, 2.05) is 24.3 Å². The van der Waals surface area contributed by atoms with Gasteiger partial charge in [-0.25, -0.2) is 0 Å². The lowest BCUT2D eigenvalue weighted by Crippen LogP contribution is -2.29. The first-order chi connectivity index (χ1) is 6.89. The average Bonchev–Trinajstić information content (AvgIpc) is 2.06. The molecule has 0 radical (unpaired) electrons. The first-order valence-corrected chi connectivity index (χ1v) is 5.71. The van der Waals surface area contributed by atoms with Gasteiger partial charge in [0.2, 0.25) is 0 Å². The number of hydrogen-bond donors (Lipinski definition) is 0. The Labute approximate surface area is 97.4 Å². The van der Waals surface area contributed by atoms with Crippen LogP contribution in [-0.4, -0.2) is 5.60 Å². The summed E-state index contributed by atoms with van der Waals surface area (Å²) >= 11 is 5.81. The minimum absolute atomic E-state index is 0.123. The van der Waals surface area contributed by atoms with Gasteiger partial charge in [0, 0.05) is 5.02 Å². The summed E-state index contributed by atoms with van der Waals surface area (Å²) < 4.78 is 5.91. The van der Waals surface area contributed by atoms with E-state index in [9.17, 15) is 0 Å². The van der Waals surface area contributed by atoms with E-state index >= 15 is 0 Å². The summed E-state index contributed by atoms with van der Waals surface area (Å²) in [6.45, 7) is 8.63. The van der Waals surface area contributed by atoms with Crippen molar-refractivity contribution >= 4 is 11.6 Å². The average molecular weight is 227 g/mol. The van der Waals surface area contributed by atoms with Crippen LogP contribution in [0.5, 0.6) is 5.75 Å². The second-order valence-electron chi connectivity index (χ2n) is 4.91. The maximum atomic E-state index is 5.91. The molecule has 0 aliphatic rings. The molecule has 0 spiro atoms. The molecule has 0 saturated carbocycles. The third kappa shape index (κ3) is 4.57. The van der Waals surface area contributed by atoms with Crippen LogP contribution in [-0.2, 0) is 0 Å². The van der Waals surface area contributed by atoms with Gasteiger partial charge in [0.15, 0.2) is 0 Å². The van der Waals surface area contributed by atoms with Crippen LogP contribution in [0.2, 0.25) is 5.02 Å². The molecule has 0 bridgehead atoms. The van der Waals surface area contributed by atoms with Crippen molar-refractivity contribution in [3.63, 3.8) is 0 Å². The summed E-state index contributed by atoms with van der Waals surface area (Å²) in [5.41, 5.74) is -0.123.